The van der Waals surface area contributed by atoms with Gasteiger partial charge in [0.15, 0.2) is 11.5 Å². The smallest absolute Gasteiger partial charge is 0.270 e. The standard InChI is InChI=1S/C18H17N3O6/c1-11(22)20-18(13-7-8-15(25-2)16(10-13)26-3)27-17(19-20)12-5-4-6-14(9-12)21(23)24/h4-10,18H,1-3H3/t18-/m1/s1. The predicted octanol–water partition coefficient (Wildman–Crippen LogP) is 2.85. The Bertz CT molecular complexity index is 927. The molecule has 0 spiro atoms. The third-order valence-electron chi connectivity index (χ3n) is 3.96. The van der Waals surface area contributed by atoms with Gasteiger partial charge >= 0.3 is 0 Å². The minimum absolute atomic E-state index is 0.0947. The summed E-state index contributed by atoms with van der Waals surface area (Å²) in [6, 6.07) is 11.0. The van der Waals surface area contributed by atoms with Crippen LogP contribution in [0.15, 0.2) is 47.6 Å². The van der Waals surface area contributed by atoms with Crippen molar-refractivity contribution >= 4 is 17.5 Å². The minimum Gasteiger partial charge on any atom is -0.493 e. The number of carbonyl (C=O) groups excluding carboxylic acids is 1. The van der Waals surface area contributed by atoms with E-state index in [-0.39, 0.29) is 17.5 Å². The van der Waals surface area contributed by atoms with Gasteiger partial charge in [-0.2, -0.15) is 5.01 Å². The summed E-state index contributed by atoms with van der Waals surface area (Å²) in [5.41, 5.74) is 0.924. The number of hydrogen-bond acceptors (Lipinski definition) is 7. The van der Waals surface area contributed by atoms with E-state index in [1.54, 1.807) is 24.3 Å². The lowest BCUT2D eigenvalue weighted by Crippen LogP contribution is -2.25. The third kappa shape index (κ3) is 3.52. The number of nitro benzene ring substituents is 1. The lowest BCUT2D eigenvalue weighted by molar-refractivity contribution is -0.384. The number of methoxy groups -OCH3 is 2. The average Bonchev–Trinajstić information content (AvgIpc) is 3.13. The predicted molar refractivity (Wildman–Crippen MR) is 95.5 cm³/mol. The van der Waals surface area contributed by atoms with Crippen molar-refractivity contribution < 1.29 is 23.9 Å². The summed E-state index contributed by atoms with van der Waals surface area (Å²) in [7, 11) is 3.03. The van der Waals surface area contributed by atoms with Crippen molar-refractivity contribution in [2.75, 3.05) is 14.2 Å². The lowest BCUT2D eigenvalue weighted by Gasteiger charge is -2.20. The first-order chi connectivity index (χ1) is 12.9. The van der Waals surface area contributed by atoms with E-state index in [1.165, 1.54) is 44.4 Å². The molecule has 0 unspecified atom stereocenters. The van der Waals surface area contributed by atoms with Crippen molar-refractivity contribution in [1.82, 2.24) is 5.01 Å². The Morgan fingerprint density at radius 1 is 1.19 bits per heavy atom. The molecule has 9 nitrogen and oxygen atoms in total. The van der Waals surface area contributed by atoms with Crippen molar-refractivity contribution in [1.29, 1.82) is 0 Å². The maximum Gasteiger partial charge on any atom is 0.270 e. The number of hydrazone groups is 1. The zero-order valence-electron chi connectivity index (χ0n) is 14.9. The van der Waals surface area contributed by atoms with Crippen LogP contribution in [-0.2, 0) is 9.53 Å². The van der Waals surface area contributed by atoms with Crippen LogP contribution in [0.4, 0.5) is 5.69 Å². The van der Waals surface area contributed by atoms with Gasteiger partial charge < -0.3 is 14.2 Å². The summed E-state index contributed by atoms with van der Waals surface area (Å²) in [4.78, 5) is 22.5. The summed E-state index contributed by atoms with van der Waals surface area (Å²) < 4.78 is 16.4. The molecular weight excluding hydrogens is 354 g/mol. The van der Waals surface area contributed by atoms with Gasteiger partial charge in [-0.1, -0.05) is 6.07 Å². The number of carbonyl (C=O) groups is 1. The maximum absolute atomic E-state index is 12.0. The molecule has 27 heavy (non-hydrogen) atoms. The molecular formula is C18H17N3O6. The zero-order valence-corrected chi connectivity index (χ0v) is 14.9. The highest BCUT2D eigenvalue weighted by molar-refractivity contribution is 5.96. The summed E-state index contributed by atoms with van der Waals surface area (Å²) in [5.74, 6) is 0.795. The van der Waals surface area contributed by atoms with Crippen LogP contribution in [-0.4, -0.2) is 36.0 Å². The zero-order chi connectivity index (χ0) is 19.6. The maximum atomic E-state index is 12.0. The van der Waals surface area contributed by atoms with Crippen LogP contribution in [0.5, 0.6) is 11.5 Å². The topological polar surface area (TPSA) is 103 Å². The molecule has 0 radical (unpaired) electrons. The second-order valence-corrected chi connectivity index (χ2v) is 5.66. The van der Waals surface area contributed by atoms with E-state index in [9.17, 15) is 14.9 Å². The second-order valence-electron chi connectivity index (χ2n) is 5.66. The fourth-order valence-corrected chi connectivity index (χ4v) is 2.66. The van der Waals surface area contributed by atoms with E-state index in [2.05, 4.69) is 5.10 Å². The van der Waals surface area contributed by atoms with E-state index in [1.807, 2.05) is 0 Å². The van der Waals surface area contributed by atoms with E-state index in [0.717, 1.165) is 0 Å². The third-order valence-corrected chi connectivity index (χ3v) is 3.96. The van der Waals surface area contributed by atoms with Crippen LogP contribution in [0.3, 0.4) is 0 Å². The van der Waals surface area contributed by atoms with Crippen molar-refractivity contribution in [3.05, 3.63) is 63.7 Å². The molecule has 0 aromatic heterocycles. The summed E-state index contributed by atoms with van der Waals surface area (Å²) in [5, 5.41) is 16.4. The summed E-state index contributed by atoms with van der Waals surface area (Å²) >= 11 is 0. The van der Waals surface area contributed by atoms with Crippen molar-refractivity contribution in [3.8, 4) is 11.5 Å². The van der Waals surface area contributed by atoms with Gasteiger partial charge in [0.25, 0.3) is 5.69 Å². The second kappa shape index (κ2) is 7.32. The Balaban J connectivity index is 1.96. The van der Waals surface area contributed by atoms with Crippen LogP contribution in [0.1, 0.15) is 24.3 Å². The molecule has 0 aliphatic carbocycles. The number of rotatable bonds is 5. The minimum atomic E-state index is -0.823. The highest BCUT2D eigenvalue weighted by Crippen LogP contribution is 2.36. The quantitative estimate of drug-likeness (QED) is 0.591. The van der Waals surface area contributed by atoms with Crippen LogP contribution in [0, 0.1) is 10.1 Å². The SMILES string of the molecule is COc1ccc([C@H]2OC(c3cccc([N+](=O)[O-])c3)=NN2C(C)=O)cc1OC. The normalized spacial score (nSPS) is 15.7. The molecule has 1 aliphatic rings. The highest BCUT2D eigenvalue weighted by atomic mass is 16.6. The van der Waals surface area contributed by atoms with E-state index in [4.69, 9.17) is 14.2 Å². The molecule has 1 atom stereocenters. The Hall–Kier alpha value is -3.62. The van der Waals surface area contributed by atoms with Gasteiger partial charge in [-0.3, -0.25) is 14.9 Å². The number of nitrogens with zero attached hydrogens (tertiary/aromatic N) is 3. The van der Waals surface area contributed by atoms with Gasteiger partial charge in [0.2, 0.25) is 18.0 Å². The Morgan fingerprint density at radius 2 is 1.93 bits per heavy atom. The summed E-state index contributed by atoms with van der Waals surface area (Å²) in [6.45, 7) is 1.36. The number of amides is 1. The molecule has 2 aromatic carbocycles. The van der Waals surface area contributed by atoms with Crippen molar-refractivity contribution in [3.63, 3.8) is 0 Å². The molecule has 0 fully saturated rings. The van der Waals surface area contributed by atoms with E-state index < -0.39 is 11.2 Å². The van der Waals surface area contributed by atoms with Crippen LogP contribution in [0.2, 0.25) is 0 Å². The first kappa shape index (κ1) is 18.2. The summed E-state index contributed by atoms with van der Waals surface area (Å²) in [6.07, 6.45) is -0.823. The molecule has 9 heteroatoms. The van der Waals surface area contributed by atoms with Crippen molar-refractivity contribution in [2.45, 2.75) is 13.2 Å². The Kier molecular flexibility index (Phi) is 4.93. The lowest BCUT2D eigenvalue weighted by atomic mass is 10.1. The molecule has 1 aliphatic heterocycles. The number of ether oxygens (including phenoxy) is 3. The molecule has 1 amide bonds. The molecule has 140 valence electrons. The number of hydrogen-bond donors (Lipinski definition) is 0. The fourth-order valence-electron chi connectivity index (χ4n) is 2.66. The fraction of sp³-hybridized carbons (Fsp3) is 0.222. The van der Waals surface area contributed by atoms with Crippen LogP contribution in [0.25, 0.3) is 0 Å². The molecule has 0 bridgehead atoms. The monoisotopic (exact) mass is 371 g/mol. The first-order valence-corrected chi connectivity index (χ1v) is 7.96. The highest BCUT2D eigenvalue weighted by Gasteiger charge is 2.34. The van der Waals surface area contributed by atoms with Crippen LogP contribution >= 0.6 is 0 Å². The first-order valence-electron chi connectivity index (χ1n) is 7.96. The Labute approximate surface area is 154 Å². The average molecular weight is 371 g/mol. The van der Waals surface area contributed by atoms with Gasteiger partial charge in [-0.05, 0) is 24.3 Å². The van der Waals surface area contributed by atoms with E-state index in [0.29, 0.717) is 22.6 Å². The molecule has 3 rings (SSSR count). The van der Waals surface area contributed by atoms with Crippen molar-refractivity contribution in [2.24, 2.45) is 5.10 Å². The van der Waals surface area contributed by atoms with Gasteiger partial charge in [0, 0.05) is 30.2 Å². The van der Waals surface area contributed by atoms with Gasteiger partial charge in [-0.15, -0.1) is 5.10 Å². The molecule has 0 saturated carbocycles. The Morgan fingerprint density at radius 3 is 2.56 bits per heavy atom. The van der Waals surface area contributed by atoms with Gasteiger partial charge in [0.1, 0.15) is 0 Å². The number of nitro groups is 1. The van der Waals surface area contributed by atoms with E-state index >= 15 is 0 Å². The number of benzene rings is 2. The molecule has 1 heterocycles. The van der Waals surface area contributed by atoms with Gasteiger partial charge in [-0.25, -0.2) is 0 Å². The molecule has 0 saturated heterocycles. The van der Waals surface area contributed by atoms with Gasteiger partial charge in [0.05, 0.1) is 19.1 Å². The van der Waals surface area contributed by atoms with Crippen LogP contribution < -0.4 is 9.47 Å². The number of non-ortho nitro benzene ring substituents is 1. The largest absolute Gasteiger partial charge is 0.493 e. The molecule has 2 aromatic rings. The molecule has 0 N–H and O–H groups in total.